The Morgan fingerprint density at radius 3 is 2.41 bits per heavy atom. The van der Waals surface area contributed by atoms with Crippen molar-refractivity contribution in [1.82, 2.24) is 4.57 Å². The highest BCUT2D eigenvalue weighted by Gasteiger charge is 2.22. The van der Waals surface area contributed by atoms with Crippen LogP contribution in [-0.2, 0) is 16.0 Å². The van der Waals surface area contributed by atoms with Crippen LogP contribution in [0.25, 0.3) is 10.9 Å². The normalized spacial score (nSPS) is 11.0. The van der Waals surface area contributed by atoms with Gasteiger partial charge in [0.25, 0.3) is 5.91 Å². The molecule has 0 aliphatic rings. The minimum Gasteiger partial charge on any atom is -0.481 e. The van der Waals surface area contributed by atoms with Gasteiger partial charge in [0.15, 0.2) is 0 Å². The lowest BCUT2D eigenvalue weighted by atomic mass is 10.1. The van der Waals surface area contributed by atoms with Gasteiger partial charge in [-0.3, -0.25) is 19.0 Å². The van der Waals surface area contributed by atoms with E-state index in [4.69, 9.17) is 16.3 Å². The van der Waals surface area contributed by atoms with E-state index in [1.54, 1.807) is 49.4 Å². The van der Waals surface area contributed by atoms with Crippen LogP contribution in [-0.4, -0.2) is 27.5 Å². The summed E-state index contributed by atoms with van der Waals surface area (Å²) in [5.74, 6) is -1.29. The predicted octanol–water partition coefficient (Wildman–Crippen LogP) is 5.79. The first-order valence-corrected chi connectivity index (χ1v) is 11.1. The molecule has 0 unspecified atom stereocenters. The van der Waals surface area contributed by atoms with Crippen LogP contribution in [0.1, 0.15) is 60.6 Å². The van der Waals surface area contributed by atoms with Gasteiger partial charge in [0.2, 0.25) is 0 Å². The summed E-state index contributed by atoms with van der Waals surface area (Å²) in [6.07, 6.45) is 3.98. The molecular weight excluding hydrogens is 430 g/mol. The number of halogens is 1. The first-order chi connectivity index (χ1) is 15.3. The molecule has 0 spiro atoms. The Labute approximate surface area is 191 Å². The van der Waals surface area contributed by atoms with Gasteiger partial charge in [-0.1, -0.05) is 37.8 Å². The number of rotatable bonds is 9. The molecule has 0 fully saturated rings. The maximum atomic E-state index is 13.2. The van der Waals surface area contributed by atoms with Crippen molar-refractivity contribution in [2.24, 2.45) is 0 Å². The monoisotopic (exact) mass is 455 g/mol. The van der Waals surface area contributed by atoms with Gasteiger partial charge < -0.3 is 9.84 Å². The molecule has 0 saturated heterocycles. The van der Waals surface area contributed by atoms with Gasteiger partial charge in [0.05, 0.1) is 11.9 Å². The molecule has 6 nitrogen and oxygen atoms in total. The molecule has 0 bridgehead atoms. The molecule has 2 aromatic carbocycles. The highest BCUT2D eigenvalue weighted by atomic mass is 35.5. The van der Waals surface area contributed by atoms with Crippen LogP contribution in [0, 0.1) is 6.92 Å². The zero-order valence-electron chi connectivity index (χ0n) is 18.2. The van der Waals surface area contributed by atoms with Gasteiger partial charge in [-0.25, -0.2) is 0 Å². The third kappa shape index (κ3) is 5.37. The first kappa shape index (κ1) is 23.5. The Kier molecular flexibility index (Phi) is 7.70. The van der Waals surface area contributed by atoms with Crippen molar-refractivity contribution in [3.05, 3.63) is 64.3 Å². The lowest BCUT2D eigenvalue weighted by Crippen LogP contribution is -2.14. The average Bonchev–Trinajstić information content (AvgIpc) is 3.02. The smallest absolute Gasteiger partial charge is 0.311 e. The lowest BCUT2D eigenvalue weighted by Gasteiger charge is -2.08. The Balaban J connectivity index is 1.96. The topological polar surface area (TPSA) is 85.6 Å². The highest BCUT2D eigenvalue weighted by Crippen LogP contribution is 2.31. The summed E-state index contributed by atoms with van der Waals surface area (Å²) in [6.45, 7) is 3.82. The van der Waals surface area contributed by atoms with Crippen molar-refractivity contribution in [2.75, 3.05) is 0 Å². The van der Waals surface area contributed by atoms with Gasteiger partial charge in [0, 0.05) is 28.1 Å². The molecule has 7 heteroatoms. The molecule has 0 atom stereocenters. The summed E-state index contributed by atoms with van der Waals surface area (Å²) >= 11 is 5.93. The van der Waals surface area contributed by atoms with E-state index in [9.17, 15) is 19.5 Å². The number of esters is 1. The molecule has 3 rings (SSSR count). The van der Waals surface area contributed by atoms with Crippen LogP contribution < -0.4 is 4.74 Å². The molecule has 32 heavy (non-hydrogen) atoms. The summed E-state index contributed by atoms with van der Waals surface area (Å²) < 4.78 is 6.97. The van der Waals surface area contributed by atoms with Crippen LogP contribution in [0.15, 0.2) is 42.5 Å². The Hall–Kier alpha value is -3.12. The number of aliphatic carboxylic acids is 1. The second-order valence-electron chi connectivity index (χ2n) is 7.75. The SMILES string of the molecule is CCCCCCC(=O)Oc1ccc2c(c1)c(CC(=O)O)c(C)n2C(=O)c1ccc(Cl)cc1. The fourth-order valence-electron chi connectivity index (χ4n) is 3.76. The number of hydrogen-bond donors (Lipinski definition) is 1. The molecule has 1 N–H and O–H groups in total. The third-order valence-electron chi connectivity index (χ3n) is 5.39. The zero-order valence-corrected chi connectivity index (χ0v) is 18.9. The second kappa shape index (κ2) is 10.5. The quantitative estimate of drug-likeness (QED) is 0.250. The van der Waals surface area contributed by atoms with E-state index in [0.717, 1.165) is 25.7 Å². The number of fused-ring (bicyclic) bond motifs is 1. The van der Waals surface area contributed by atoms with Crippen molar-refractivity contribution in [3.8, 4) is 5.75 Å². The maximum Gasteiger partial charge on any atom is 0.311 e. The van der Waals surface area contributed by atoms with E-state index in [2.05, 4.69) is 6.92 Å². The van der Waals surface area contributed by atoms with Crippen molar-refractivity contribution in [2.45, 2.75) is 52.4 Å². The molecule has 1 aromatic heterocycles. The number of carboxylic acid groups (broad SMARTS) is 1. The molecule has 1 heterocycles. The van der Waals surface area contributed by atoms with Crippen LogP contribution in [0.2, 0.25) is 5.02 Å². The van der Waals surface area contributed by atoms with E-state index in [-0.39, 0.29) is 18.3 Å². The molecule has 0 aliphatic carbocycles. The Morgan fingerprint density at radius 1 is 1.03 bits per heavy atom. The maximum absolute atomic E-state index is 13.2. The lowest BCUT2D eigenvalue weighted by molar-refractivity contribution is -0.136. The number of benzene rings is 2. The van der Waals surface area contributed by atoms with Crippen LogP contribution in [0.5, 0.6) is 5.75 Å². The summed E-state index contributed by atoms with van der Waals surface area (Å²) in [4.78, 5) is 36.9. The Morgan fingerprint density at radius 2 is 1.75 bits per heavy atom. The predicted molar refractivity (Wildman–Crippen MR) is 124 cm³/mol. The summed E-state index contributed by atoms with van der Waals surface area (Å²) in [6, 6.07) is 11.5. The van der Waals surface area contributed by atoms with E-state index < -0.39 is 5.97 Å². The summed E-state index contributed by atoms with van der Waals surface area (Å²) in [5, 5.41) is 10.5. The average molecular weight is 456 g/mol. The number of unbranched alkanes of at least 4 members (excludes halogenated alkanes) is 3. The fraction of sp³-hybridized carbons (Fsp3) is 0.320. The van der Waals surface area contributed by atoms with Crippen LogP contribution in [0.3, 0.4) is 0 Å². The van der Waals surface area contributed by atoms with Gasteiger partial charge in [-0.05, 0) is 61.4 Å². The van der Waals surface area contributed by atoms with Crippen molar-refractivity contribution in [3.63, 3.8) is 0 Å². The minimum absolute atomic E-state index is 0.252. The highest BCUT2D eigenvalue weighted by molar-refractivity contribution is 6.30. The van der Waals surface area contributed by atoms with Crippen LogP contribution >= 0.6 is 11.6 Å². The number of aromatic nitrogens is 1. The van der Waals surface area contributed by atoms with E-state index in [0.29, 0.717) is 44.9 Å². The van der Waals surface area contributed by atoms with Gasteiger partial charge in [0.1, 0.15) is 5.75 Å². The van der Waals surface area contributed by atoms with Crippen LogP contribution in [0.4, 0.5) is 0 Å². The summed E-state index contributed by atoms with van der Waals surface area (Å²) in [7, 11) is 0. The summed E-state index contributed by atoms with van der Waals surface area (Å²) in [5.41, 5.74) is 2.03. The van der Waals surface area contributed by atoms with Gasteiger partial charge in [-0.15, -0.1) is 0 Å². The van der Waals surface area contributed by atoms with Gasteiger partial charge in [-0.2, -0.15) is 0 Å². The fourth-order valence-corrected chi connectivity index (χ4v) is 3.89. The zero-order chi connectivity index (χ0) is 23.3. The number of carbonyl (C=O) groups is 3. The van der Waals surface area contributed by atoms with Gasteiger partial charge >= 0.3 is 11.9 Å². The van der Waals surface area contributed by atoms with E-state index in [1.807, 2.05) is 0 Å². The largest absolute Gasteiger partial charge is 0.481 e. The number of hydrogen-bond acceptors (Lipinski definition) is 4. The number of nitrogens with zero attached hydrogens (tertiary/aromatic N) is 1. The second-order valence-corrected chi connectivity index (χ2v) is 8.18. The molecule has 0 aliphatic heterocycles. The number of carboxylic acids is 1. The first-order valence-electron chi connectivity index (χ1n) is 10.7. The van der Waals surface area contributed by atoms with Crippen molar-refractivity contribution >= 4 is 40.3 Å². The standard InChI is InChI=1S/C25H26ClNO5/c1-3-4-5-6-7-24(30)32-19-12-13-22-21(14-19)20(15-23(28)29)16(2)27(22)25(31)17-8-10-18(26)11-9-17/h8-14H,3-7,15H2,1-2H3,(H,28,29). The van der Waals surface area contributed by atoms with Crippen molar-refractivity contribution in [1.29, 1.82) is 0 Å². The molecule has 0 amide bonds. The number of ether oxygens (including phenoxy) is 1. The van der Waals surface area contributed by atoms with Crippen molar-refractivity contribution < 1.29 is 24.2 Å². The minimum atomic E-state index is -1.01. The molecule has 3 aromatic rings. The Bertz CT molecular complexity index is 1150. The third-order valence-corrected chi connectivity index (χ3v) is 5.65. The van der Waals surface area contributed by atoms with E-state index in [1.165, 1.54) is 4.57 Å². The molecule has 0 radical (unpaired) electrons. The molecule has 0 saturated carbocycles. The number of carbonyl (C=O) groups excluding carboxylic acids is 2. The molecular formula is C25H26ClNO5. The van der Waals surface area contributed by atoms with E-state index >= 15 is 0 Å². The molecule has 168 valence electrons.